The topological polar surface area (TPSA) is 110 Å². The number of phenols is 1. The minimum Gasteiger partial charge on any atom is -0.507 e. The number of hydrogen-bond donors (Lipinski definition) is 2. The van der Waals surface area contributed by atoms with Gasteiger partial charge in [-0.05, 0) is 42.8 Å². The number of rotatable bonds is 9. The normalized spacial score (nSPS) is 14.0. The number of phenolic OH excluding ortho intramolecular Hbond substituents is 1. The molecule has 0 radical (unpaired) electrons. The zero-order chi connectivity index (χ0) is 31.3. The van der Waals surface area contributed by atoms with Gasteiger partial charge in [0.1, 0.15) is 17.4 Å². The number of hydrogen-bond acceptors (Lipinski definition) is 6. The number of nitrogens with one attached hydrogen (secondary N) is 1. The van der Waals surface area contributed by atoms with Crippen LogP contribution in [0.25, 0.3) is 22.4 Å². The number of nitrogens with zero attached hydrogens (tertiary/aromatic N) is 3. The first-order valence-corrected chi connectivity index (χ1v) is 14.3. The Bertz CT molecular complexity index is 1600. The molecule has 2 aromatic carbocycles. The third-order valence-electron chi connectivity index (χ3n) is 7.13. The largest absolute Gasteiger partial charge is 0.507 e. The van der Waals surface area contributed by atoms with E-state index >= 15 is 0 Å². The van der Waals surface area contributed by atoms with E-state index in [0.29, 0.717) is 38.3 Å². The van der Waals surface area contributed by atoms with E-state index in [4.69, 9.17) is 27.9 Å². The highest BCUT2D eigenvalue weighted by Gasteiger charge is 2.31. The number of aromatic nitrogens is 1. The van der Waals surface area contributed by atoms with Gasteiger partial charge in [-0.1, -0.05) is 30.1 Å². The fraction of sp³-hybridized carbons (Fsp3) is 0.367. The number of carbonyl (C=O) groups excluding carboxylic acids is 1. The second-order valence-electron chi connectivity index (χ2n) is 10.1. The van der Waals surface area contributed by atoms with Crippen LogP contribution in [-0.2, 0) is 22.3 Å². The molecule has 228 valence electrons. The van der Waals surface area contributed by atoms with Crippen LogP contribution in [0.4, 0.5) is 13.2 Å². The third kappa shape index (κ3) is 7.70. The van der Waals surface area contributed by atoms with Gasteiger partial charge in [0.25, 0.3) is 5.56 Å². The quantitative estimate of drug-likeness (QED) is 0.295. The summed E-state index contributed by atoms with van der Waals surface area (Å²) in [5.41, 5.74) is -2.33. The standard InChI is InChI=1S/C30H29Cl2F3N4O4/c1-2-6-39(27(40)5-7-38-8-10-43-11-9-38)17-18-12-20(31)14-23(28(18)41)26-15-21(24(16-36)29(42)37-26)22-13-19(30(33,34)35)3-4-25(22)32/h3-4,12-15,41H,2,5-11,17H2,1H3,(H,37,42). The van der Waals surface area contributed by atoms with E-state index in [-0.39, 0.29) is 57.1 Å². The fourth-order valence-electron chi connectivity index (χ4n) is 4.92. The van der Waals surface area contributed by atoms with E-state index < -0.39 is 22.9 Å². The number of amides is 1. The lowest BCUT2D eigenvalue weighted by Crippen LogP contribution is -2.39. The smallest absolute Gasteiger partial charge is 0.416 e. The van der Waals surface area contributed by atoms with Crippen molar-refractivity contribution in [3.05, 3.63) is 73.5 Å². The maximum absolute atomic E-state index is 13.5. The number of ether oxygens (including phenoxy) is 1. The van der Waals surface area contributed by atoms with Crippen LogP contribution < -0.4 is 5.56 Å². The van der Waals surface area contributed by atoms with Crippen LogP contribution in [0.5, 0.6) is 5.75 Å². The van der Waals surface area contributed by atoms with Crippen LogP contribution in [0, 0.1) is 11.3 Å². The molecule has 2 heterocycles. The zero-order valence-corrected chi connectivity index (χ0v) is 24.7. The molecule has 1 saturated heterocycles. The molecule has 13 heteroatoms. The maximum Gasteiger partial charge on any atom is 0.416 e. The average Bonchev–Trinajstić information content (AvgIpc) is 2.97. The van der Waals surface area contributed by atoms with E-state index in [0.717, 1.165) is 31.3 Å². The Morgan fingerprint density at radius 1 is 1.14 bits per heavy atom. The summed E-state index contributed by atoms with van der Waals surface area (Å²) in [4.78, 5) is 32.4. The Morgan fingerprint density at radius 2 is 1.86 bits per heavy atom. The van der Waals surface area contributed by atoms with Crippen molar-refractivity contribution >= 4 is 29.1 Å². The van der Waals surface area contributed by atoms with Crippen molar-refractivity contribution in [1.29, 1.82) is 5.26 Å². The molecule has 43 heavy (non-hydrogen) atoms. The van der Waals surface area contributed by atoms with Crippen molar-refractivity contribution in [1.82, 2.24) is 14.8 Å². The van der Waals surface area contributed by atoms with Gasteiger partial charge < -0.3 is 19.7 Å². The molecule has 0 aliphatic carbocycles. The minimum absolute atomic E-state index is 0.00517. The Morgan fingerprint density at radius 3 is 2.51 bits per heavy atom. The highest BCUT2D eigenvalue weighted by atomic mass is 35.5. The molecule has 3 aromatic rings. The summed E-state index contributed by atoms with van der Waals surface area (Å²) in [7, 11) is 0. The molecule has 1 aliphatic heterocycles. The summed E-state index contributed by atoms with van der Waals surface area (Å²) in [5, 5.41) is 21.0. The van der Waals surface area contributed by atoms with Gasteiger partial charge in [0, 0.05) is 71.4 Å². The number of benzene rings is 2. The summed E-state index contributed by atoms with van der Waals surface area (Å²) < 4.78 is 45.7. The summed E-state index contributed by atoms with van der Waals surface area (Å²) in [6.07, 6.45) is -3.75. The molecule has 0 saturated carbocycles. The van der Waals surface area contributed by atoms with Gasteiger partial charge in [-0.25, -0.2) is 0 Å². The number of aromatic amines is 1. The molecule has 0 spiro atoms. The van der Waals surface area contributed by atoms with Crippen LogP contribution in [0.1, 0.15) is 36.5 Å². The van der Waals surface area contributed by atoms with Crippen molar-refractivity contribution in [2.24, 2.45) is 0 Å². The first-order chi connectivity index (χ1) is 20.4. The van der Waals surface area contributed by atoms with Crippen molar-refractivity contribution in [2.45, 2.75) is 32.5 Å². The van der Waals surface area contributed by atoms with Gasteiger partial charge in [-0.15, -0.1) is 0 Å². The first-order valence-electron chi connectivity index (χ1n) is 13.6. The number of H-pyrrole nitrogens is 1. The minimum atomic E-state index is -4.69. The van der Waals surface area contributed by atoms with E-state index in [1.54, 1.807) is 11.0 Å². The molecule has 2 N–H and O–H groups in total. The SMILES string of the molecule is CCCN(Cc1cc(Cl)cc(-c2cc(-c3cc(C(F)(F)F)ccc3Cl)c(C#N)c(=O)[nH]2)c1O)C(=O)CCN1CCOCC1. The van der Waals surface area contributed by atoms with E-state index in [1.165, 1.54) is 18.2 Å². The molecule has 4 rings (SSSR count). The first kappa shape index (κ1) is 32.4. The molecule has 1 aliphatic rings. The maximum atomic E-state index is 13.5. The molecular weight excluding hydrogens is 608 g/mol. The summed E-state index contributed by atoms with van der Waals surface area (Å²) >= 11 is 12.6. The van der Waals surface area contributed by atoms with E-state index in [9.17, 15) is 33.1 Å². The van der Waals surface area contributed by atoms with E-state index in [1.807, 2.05) is 6.92 Å². The number of nitriles is 1. The Balaban J connectivity index is 1.72. The van der Waals surface area contributed by atoms with Crippen molar-refractivity contribution in [3.8, 4) is 34.2 Å². The molecule has 0 bridgehead atoms. The van der Waals surface area contributed by atoms with Crippen molar-refractivity contribution in [3.63, 3.8) is 0 Å². The summed E-state index contributed by atoms with van der Waals surface area (Å²) in [5.74, 6) is -0.393. The molecule has 0 unspecified atom stereocenters. The van der Waals surface area contributed by atoms with Crippen molar-refractivity contribution < 1.29 is 27.8 Å². The lowest BCUT2D eigenvalue weighted by atomic mass is 9.96. The highest BCUT2D eigenvalue weighted by Crippen LogP contribution is 2.40. The van der Waals surface area contributed by atoms with Crippen LogP contribution in [0.3, 0.4) is 0 Å². The van der Waals surface area contributed by atoms with Gasteiger partial charge in [-0.3, -0.25) is 14.5 Å². The Labute approximate surface area is 256 Å². The number of alkyl halides is 3. The Hall–Kier alpha value is -3.56. The average molecular weight is 637 g/mol. The molecule has 0 atom stereocenters. The molecular formula is C30H29Cl2F3N4O4. The predicted octanol–water partition coefficient (Wildman–Crippen LogP) is 6.07. The van der Waals surface area contributed by atoms with Gasteiger partial charge in [0.2, 0.25) is 5.91 Å². The highest BCUT2D eigenvalue weighted by molar-refractivity contribution is 6.33. The lowest BCUT2D eigenvalue weighted by molar-refractivity contribution is -0.137. The fourth-order valence-corrected chi connectivity index (χ4v) is 5.38. The van der Waals surface area contributed by atoms with Crippen LogP contribution in [0.2, 0.25) is 10.0 Å². The molecule has 1 aromatic heterocycles. The summed E-state index contributed by atoms with van der Waals surface area (Å²) in [6, 6.07) is 8.47. The summed E-state index contributed by atoms with van der Waals surface area (Å²) in [6.45, 7) is 5.68. The van der Waals surface area contributed by atoms with Crippen LogP contribution >= 0.6 is 23.2 Å². The number of carbonyl (C=O) groups is 1. The van der Waals surface area contributed by atoms with Crippen LogP contribution in [-0.4, -0.2) is 65.2 Å². The third-order valence-corrected chi connectivity index (χ3v) is 7.67. The Kier molecular flexibility index (Phi) is 10.4. The number of pyridine rings is 1. The molecule has 1 amide bonds. The monoisotopic (exact) mass is 636 g/mol. The van der Waals surface area contributed by atoms with Gasteiger partial charge >= 0.3 is 6.18 Å². The van der Waals surface area contributed by atoms with Crippen molar-refractivity contribution in [2.75, 3.05) is 39.4 Å². The van der Waals surface area contributed by atoms with Gasteiger partial charge in [0.05, 0.1) is 24.5 Å². The number of halogens is 5. The van der Waals surface area contributed by atoms with Crippen LogP contribution in [0.15, 0.2) is 41.2 Å². The van der Waals surface area contributed by atoms with E-state index in [2.05, 4.69) is 9.88 Å². The zero-order valence-electron chi connectivity index (χ0n) is 23.2. The second kappa shape index (κ2) is 13.8. The van der Waals surface area contributed by atoms with Gasteiger partial charge in [0.15, 0.2) is 0 Å². The molecule has 8 nitrogen and oxygen atoms in total. The second-order valence-corrected chi connectivity index (χ2v) is 10.9. The predicted molar refractivity (Wildman–Crippen MR) is 157 cm³/mol. The number of aromatic hydroxyl groups is 1. The molecule has 1 fully saturated rings. The lowest BCUT2D eigenvalue weighted by Gasteiger charge is -2.28. The van der Waals surface area contributed by atoms with Gasteiger partial charge in [-0.2, -0.15) is 18.4 Å². The number of morpholine rings is 1.